The summed E-state index contributed by atoms with van der Waals surface area (Å²) in [6.45, 7) is 1.71. The molecule has 8 heteroatoms. The van der Waals surface area contributed by atoms with Gasteiger partial charge in [0.15, 0.2) is 5.69 Å². The molecule has 0 aliphatic carbocycles. The smallest absolute Gasteiger partial charge is 0.280 e. The highest BCUT2D eigenvalue weighted by Gasteiger charge is 2.21. The number of nitrogens with one attached hydrogen (secondary N) is 2. The predicted molar refractivity (Wildman–Crippen MR) is 61.9 cm³/mol. The highest BCUT2D eigenvalue weighted by Crippen LogP contribution is 2.10. The minimum absolute atomic E-state index is 0.252. The van der Waals surface area contributed by atoms with Crippen LogP contribution in [0.4, 0.5) is 5.95 Å². The minimum atomic E-state index is -0.361. The summed E-state index contributed by atoms with van der Waals surface area (Å²) in [5.41, 5.74) is 0.259. The molecular weight excluding hydrogens is 234 g/mol. The summed E-state index contributed by atoms with van der Waals surface area (Å²) in [5.74, 6) is -0.109. The van der Waals surface area contributed by atoms with Crippen LogP contribution in [0.1, 0.15) is 16.5 Å². The third-order valence-electron chi connectivity index (χ3n) is 2.67. The molecule has 0 aromatic carbocycles. The quantitative estimate of drug-likeness (QED) is 0.754. The predicted octanol–water partition coefficient (Wildman–Crippen LogP) is -0.535. The lowest BCUT2D eigenvalue weighted by atomic mass is 10.2. The largest absolute Gasteiger partial charge is 0.312 e. The van der Waals surface area contributed by atoms with Gasteiger partial charge < -0.3 is 5.32 Å². The number of rotatable bonds is 3. The Morgan fingerprint density at radius 1 is 1.39 bits per heavy atom. The molecule has 2 aromatic rings. The molecule has 18 heavy (non-hydrogen) atoms. The molecule has 0 unspecified atom stereocenters. The normalized spacial score (nSPS) is 15.1. The van der Waals surface area contributed by atoms with E-state index in [0.717, 1.165) is 13.1 Å². The van der Waals surface area contributed by atoms with Gasteiger partial charge in [0, 0.05) is 25.5 Å². The van der Waals surface area contributed by atoms with Crippen molar-refractivity contribution >= 4 is 11.9 Å². The van der Waals surface area contributed by atoms with Crippen LogP contribution in [-0.4, -0.2) is 44.0 Å². The molecule has 0 bridgehead atoms. The molecule has 3 heterocycles. The van der Waals surface area contributed by atoms with Crippen LogP contribution in [0.15, 0.2) is 24.7 Å². The van der Waals surface area contributed by atoms with E-state index in [2.05, 4.69) is 30.9 Å². The first-order valence-electron chi connectivity index (χ1n) is 5.54. The van der Waals surface area contributed by atoms with Crippen LogP contribution in [0.2, 0.25) is 0 Å². The van der Waals surface area contributed by atoms with E-state index in [0.29, 0.717) is 0 Å². The Labute approximate surface area is 102 Å². The van der Waals surface area contributed by atoms with Crippen LogP contribution in [0.3, 0.4) is 0 Å². The van der Waals surface area contributed by atoms with E-state index in [9.17, 15) is 4.79 Å². The third kappa shape index (κ3) is 2.05. The molecule has 0 atom stereocenters. The van der Waals surface area contributed by atoms with Gasteiger partial charge in [0.1, 0.15) is 0 Å². The Balaban J connectivity index is 1.70. The van der Waals surface area contributed by atoms with Crippen LogP contribution in [-0.2, 0) is 0 Å². The Hall–Kier alpha value is -2.35. The first kappa shape index (κ1) is 10.8. The molecule has 0 radical (unpaired) electrons. The molecule has 0 saturated carbocycles. The van der Waals surface area contributed by atoms with Crippen molar-refractivity contribution in [1.29, 1.82) is 0 Å². The van der Waals surface area contributed by atoms with Gasteiger partial charge >= 0.3 is 0 Å². The second-order valence-corrected chi connectivity index (χ2v) is 3.92. The molecule has 92 valence electrons. The maximum atomic E-state index is 11.8. The van der Waals surface area contributed by atoms with Gasteiger partial charge in [-0.1, -0.05) is 5.21 Å². The van der Waals surface area contributed by atoms with Crippen molar-refractivity contribution in [3.05, 3.63) is 30.4 Å². The lowest BCUT2D eigenvalue weighted by Crippen LogP contribution is -2.43. The van der Waals surface area contributed by atoms with Crippen molar-refractivity contribution in [3.63, 3.8) is 0 Å². The fraction of sp³-hybridized carbons (Fsp3) is 0.300. The number of hydrogen-bond acceptors (Lipinski definition) is 6. The number of nitrogens with zero attached hydrogens (tertiary/aromatic N) is 5. The number of carbonyl (C=O) groups is 1. The van der Waals surface area contributed by atoms with Crippen molar-refractivity contribution in [1.82, 2.24) is 30.3 Å². The van der Waals surface area contributed by atoms with Gasteiger partial charge in [-0.05, 0) is 6.07 Å². The molecule has 1 saturated heterocycles. The summed E-state index contributed by atoms with van der Waals surface area (Å²) in [4.78, 5) is 19.6. The molecule has 3 rings (SSSR count). The SMILES string of the molecule is O=C(Nc1ncccn1)c1cn(C2CNC2)nn1. The molecule has 0 spiro atoms. The van der Waals surface area contributed by atoms with Crippen molar-refractivity contribution < 1.29 is 4.79 Å². The van der Waals surface area contributed by atoms with Gasteiger partial charge in [0.05, 0.1) is 12.2 Å². The number of anilines is 1. The molecule has 2 N–H and O–H groups in total. The van der Waals surface area contributed by atoms with E-state index in [1.54, 1.807) is 29.3 Å². The van der Waals surface area contributed by atoms with Crippen molar-refractivity contribution in [2.24, 2.45) is 0 Å². The monoisotopic (exact) mass is 245 g/mol. The van der Waals surface area contributed by atoms with E-state index >= 15 is 0 Å². The lowest BCUT2D eigenvalue weighted by molar-refractivity contribution is 0.102. The average molecular weight is 245 g/mol. The number of carbonyl (C=O) groups excluding carboxylic acids is 1. The Kier molecular flexibility index (Phi) is 2.69. The fourth-order valence-electron chi connectivity index (χ4n) is 1.55. The topological polar surface area (TPSA) is 97.6 Å². The second-order valence-electron chi connectivity index (χ2n) is 3.92. The van der Waals surface area contributed by atoms with Crippen molar-refractivity contribution in [2.75, 3.05) is 18.4 Å². The van der Waals surface area contributed by atoms with Crippen molar-refractivity contribution in [2.45, 2.75) is 6.04 Å². The summed E-state index contributed by atoms with van der Waals surface area (Å²) < 4.78 is 1.69. The van der Waals surface area contributed by atoms with Gasteiger partial charge in [-0.25, -0.2) is 14.6 Å². The second kappa shape index (κ2) is 4.49. The standard InChI is InChI=1S/C10H11N7O/c18-9(14-10-12-2-1-3-13-10)8-6-17(16-15-8)7-4-11-5-7/h1-3,6-7,11H,4-5H2,(H,12,13,14,18). The van der Waals surface area contributed by atoms with Crippen LogP contribution in [0, 0.1) is 0 Å². The van der Waals surface area contributed by atoms with Gasteiger partial charge in [-0.15, -0.1) is 5.10 Å². The number of hydrogen-bond donors (Lipinski definition) is 2. The first-order chi connectivity index (χ1) is 8.83. The van der Waals surface area contributed by atoms with E-state index in [1.807, 2.05) is 0 Å². The molecular formula is C10H11N7O. The minimum Gasteiger partial charge on any atom is -0.312 e. The zero-order valence-electron chi connectivity index (χ0n) is 9.45. The molecule has 2 aromatic heterocycles. The molecule has 1 aliphatic rings. The van der Waals surface area contributed by atoms with Crippen LogP contribution in [0.5, 0.6) is 0 Å². The summed E-state index contributed by atoms with van der Waals surface area (Å²) in [6, 6.07) is 1.96. The van der Waals surface area contributed by atoms with E-state index in [-0.39, 0.29) is 23.6 Å². The first-order valence-corrected chi connectivity index (χ1v) is 5.54. The maximum Gasteiger partial charge on any atom is 0.280 e. The molecule has 8 nitrogen and oxygen atoms in total. The van der Waals surface area contributed by atoms with Crippen LogP contribution in [0.25, 0.3) is 0 Å². The van der Waals surface area contributed by atoms with Crippen LogP contribution < -0.4 is 10.6 Å². The fourth-order valence-corrected chi connectivity index (χ4v) is 1.55. The maximum absolute atomic E-state index is 11.8. The lowest BCUT2D eigenvalue weighted by Gasteiger charge is -2.26. The summed E-state index contributed by atoms with van der Waals surface area (Å²) >= 11 is 0. The van der Waals surface area contributed by atoms with Gasteiger partial charge in [0.2, 0.25) is 5.95 Å². The van der Waals surface area contributed by atoms with Crippen LogP contribution >= 0.6 is 0 Å². The van der Waals surface area contributed by atoms with E-state index in [1.165, 1.54) is 0 Å². The number of amides is 1. The summed E-state index contributed by atoms with van der Waals surface area (Å²) in [5, 5.41) is 13.4. The Bertz CT molecular complexity index is 548. The van der Waals surface area contributed by atoms with Gasteiger partial charge in [-0.3, -0.25) is 10.1 Å². The third-order valence-corrected chi connectivity index (χ3v) is 2.67. The highest BCUT2D eigenvalue weighted by atomic mass is 16.2. The average Bonchev–Trinajstić information content (AvgIpc) is 2.77. The summed E-state index contributed by atoms with van der Waals surface area (Å²) in [7, 11) is 0. The van der Waals surface area contributed by atoms with E-state index in [4.69, 9.17) is 0 Å². The van der Waals surface area contributed by atoms with Crippen molar-refractivity contribution in [3.8, 4) is 0 Å². The molecule has 1 amide bonds. The Morgan fingerprint density at radius 2 is 2.17 bits per heavy atom. The van der Waals surface area contributed by atoms with Gasteiger partial charge in [-0.2, -0.15) is 0 Å². The highest BCUT2D eigenvalue weighted by molar-refractivity contribution is 6.01. The van der Waals surface area contributed by atoms with Gasteiger partial charge in [0.25, 0.3) is 5.91 Å². The zero-order chi connectivity index (χ0) is 12.4. The molecule has 1 fully saturated rings. The number of aromatic nitrogens is 5. The van der Waals surface area contributed by atoms with E-state index < -0.39 is 0 Å². The zero-order valence-corrected chi connectivity index (χ0v) is 9.45. The molecule has 1 aliphatic heterocycles. The summed E-state index contributed by atoms with van der Waals surface area (Å²) in [6.07, 6.45) is 4.74. The Morgan fingerprint density at radius 3 is 2.83 bits per heavy atom.